The van der Waals surface area contributed by atoms with Crippen molar-refractivity contribution in [2.24, 2.45) is 5.73 Å². The van der Waals surface area contributed by atoms with Gasteiger partial charge in [-0.05, 0) is 36.6 Å². The maximum Gasteiger partial charge on any atom is 0.130 e. The molecule has 74 valence electrons. The van der Waals surface area contributed by atoms with E-state index in [-0.39, 0.29) is 0 Å². The summed E-state index contributed by atoms with van der Waals surface area (Å²) in [7, 11) is 0. The van der Waals surface area contributed by atoms with Crippen LogP contribution in [0.3, 0.4) is 0 Å². The van der Waals surface area contributed by atoms with Gasteiger partial charge in [-0.3, -0.25) is 0 Å². The average molecular weight is 189 g/mol. The average Bonchev–Trinajstić information content (AvgIpc) is 2.23. The molecule has 0 atom stereocenters. The Labute approximate surface area is 84.4 Å². The molecule has 2 nitrogen and oxygen atoms in total. The monoisotopic (exact) mass is 189 g/mol. The van der Waals surface area contributed by atoms with Crippen LogP contribution in [-0.2, 0) is 0 Å². The van der Waals surface area contributed by atoms with E-state index in [0.29, 0.717) is 13.2 Å². The molecule has 0 radical (unpaired) electrons. The van der Waals surface area contributed by atoms with Gasteiger partial charge in [0.05, 0.1) is 0 Å². The van der Waals surface area contributed by atoms with Crippen LogP contribution >= 0.6 is 0 Å². The number of hydrogen-bond donors (Lipinski definition) is 1. The first kappa shape index (κ1) is 9.28. The van der Waals surface area contributed by atoms with Gasteiger partial charge in [0.2, 0.25) is 0 Å². The molecule has 2 heteroatoms. The third kappa shape index (κ3) is 1.32. The molecule has 1 aliphatic heterocycles. The highest BCUT2D eigenvalue weighted by atomic mass is 16.5. The molecule has 0 saturated heterocycles. The van der Waals surface area contributed by atoms with Crippen molar-refractivity contribution >= 4 is 5.57 Å². The van der Waals surface area contributed by atoms with Gasteiger partial charge in [-0.1, -0.05) is 12.1 Å². The van der Waals surface area contributed by atoms with Gasteiger partial charge in [0.25, 0.3) is 0 Å². The largest absolute Gasteiger partial charge is 0.489 e. The van der Waals surface area contributed by atoms with E-state index >= 15 is 0 Å². The second-order valence-corrected chi connectivity index (χ2v) is 3.63. The smallest absolute Gasteiger partial charge is 0.130 e. The Kier molecular flexibility index (Phi) is 2.30. The van der Waals surface area contributed by atoms with Gasteiger partial charge in [-0.2, -0.15) is 0 Å². The van der Waals surface area contributed by atoms with Crippen LogP contribution in [0.2, 0.25) is 0 Å². The zero-order chi connectivity index (χ0) is 10.1. The van der Waals surface area contributed by atoms with E-state index in [9.17, 15) is 0 Å². The minimum absolute atomic E-state index is 0.582. The van der Waals surface area contributed by atoms with Crippen LogP contribution in [0, 0.1) is 13.8 Å². The van der Waals surface area contributed by atoms with Crippen LogP contribution in [0.15, 0.2) is 18.2 Å². The van der Waals surface area contributed by atoms with Crippen LogP contribution in [0.4, 0.5) is 0 Å². The van der Waals surface area contributed by atoms with Gasteiger partial charge in [0, 0.05) is 12.1 Å². The Morgan fingerprint density at radius 1 is 1.36 bits per heavy atom. The number of aryl methyl sites for hydroxylation is 1. The quantitative estimate of drug-likeness (QED) is 0.733. The minimum Gasteiger partial charge on any atom is -0.489 e. The lowest BCUT2D eigenvalue weighted by molar-refractivity contribution is 0.354. The first-order valence-electron chi connectivity index (χ1n) is 4.86. The molecule has 0 aliphatic carbocycles. The summed E-state index contributed by atoms with van der Waals surface area (Å²) < 4.78 is 5.64. The van der Waals surface area contributed by atoms with Crippen molar-refractivity contribution in [2.45, 2.75) is 13.8 Å². The van der Waals surface area contributed by atoms with Gasteiger partial charge in [0.1, 0.15) is 12.4 Å². The molecule has 0 saturated carbocycles. The highest BCUT2D eigenvalue weighted by Crippen LogP contribution is 2.33. The number of fused-ring (bicyclic) bond motifs is 1. The van der Waals surface area contributed by atoms with Gasteiger partial charge < -0.3 is 10.5 Å². The van der Waals surface area contributed by atoms with E-state index in [0.717, 1.165) is 11.3 Å². The van der Waals surface area contributed by atoms with E-state index in [2.05, 4.69) is 32.1 Å². The van der Waals surface area contributed by atoms with Gasteiger partial charge in [0.15, 0.2) is 0 Å². The molecule has 0 fully saturated rings. The topological polar surface area (TPSA) is 35.2 Å². The third-order valence-corrected chi connectivity index (χ3v) is 2.80. The van der Waals surface area contributed by atoms with Crippen LogP contribution in [0.5, 0.6) is 5.75 Å². The van der Waals surface area contributed by atoms with Crippen LogP contribution in [0.1, 0.15) is 16.7 Å². The minimum atomic E-state index is 0.582. The van der Waals surface area contributed by atoms with E-state index in [1.54, 1.807) is 0 Å². The fourth-order valence-corrected chi connectivity index (χ4v) is 1.76. The first-order chi connectivity index (χ1) is 6.74. The predicted octanol–water partition coefficient (Wildman–Crippen LogP) is 2.04. The van der Waals surface area contributed by atoms with Crippen LogP contribution in [0.25, 0.3) is 5.57 Å². The fourth-order valence-electron chi connectivity index (χ4n) is 1.76. The molecular formula is C12H15NO. The zero-order valence-electron chi connectivity index (χ0n) is 8.63. The summed E-state index contributed by atoms with van der Waals surface area (Å²) in [5, 5.41) is 0. The molecule has 1 aliphatic rings. The summed E-state index contributed by atoms with van der Waals surface area (Å²) in [6.45, 7) is 5.41. The molecule has 0 spiro atoms. The van der Waals surface area contributed by atoms with Crippen LogP contribution < -0.4 is 10.5 Å². The number of ether oxygens (including phenoxy) is 1. The molecule has 2 rings (SSSR count). The number of benzene rings is 1. The molecule has 2 N–H and O–H groups in total. The Hall–Kier alpha value is -1.28. The number of hydrogen-bond acceptors (Lipinski definition) is 2. The standard InChI is InChI=1S/C12H15NO/c1-8-3-4-11-10(7-13)5-6-14-12(11)9(8)2/h3-5H,6-7,13H2,1-2H3. The van der Waals surface area contributed by atoms with Crippen molar-refractivity contribution < 1.29 is 4.74 Å². The van der Waals surface area contributed by atoms with Crippen molar-refractivity contribution in [3.05, 3.63) is 34.9 Å². The first-order valence-corrected chi connectivity index (χ1v) is 4.86. The predicted molar refractivity (Wildman–Crippen MR) is 58.4 cm³/mol. The van der Waals surface area contributed by atoms with Gasteiger partial charge in [-0.15, -0.1) is 0 Å². The molecule has 0 bridgehead atoms. The summed E-state index contributed by atoms with van der Waals surface area (Å²) >= 11 is 0. The van der Waals surface area contributed by atoms with E-state index in [1.165, 1.54) is 16.7 Å². The van der Waals surface area contributed by atoms with Crippen molar-refractivity contribution in [1.82, 2.24) is 0 Å². The Morgan fingerprint density at radius 2 is 2.14 bits per heavy atom. The molecule has 1 heterocycles. The van der Waals surface area contributed by atoms with Crippen molar-refractivity contribution in [3.8, 4) is 5.75 Å². The number of nitrogens with two attached hydrogens (primary N) is 1. The Bertz CT molecular complexity index is 394. The maximum atomic E-state index is 5.68. The van der Waals surface area contributed by atoms with E-state index in [1.807, 2.05) is 0 Å². The normalized spacial score (nSPS) is 14.4. The second-order valence-electron chi connectivity index (χ2n) is 3.63. The van der Waals surface area contributed by atoms with E-state index in [4.69, 9.17) is 10.5 Å². The summed E-state index contributed by atoms with van der Waals surface area (Å²) in [6.07, 6.45) is 2.05. The van der Waals surface area contributed by atoms with E-state index < -0.39 is 0 Å². The zero-order valence-corrected chi connectivity index (χ0v) is 8.63. The fraction of sp³-hybridized carbons (Fsp3) is 0.333. The molecule has 1 aromatic rings. The molecule has 14 heavy (non-hydrogen) atoms. The summed E-state index contributed by atoms with van der Waals surface area (Å²) in [4.78, 5) is 0. The van der Waals surface area contributed by atoms with Crippen LogP contribution in [-0.4, -0.2) is 13.2 Å². The maximum absolute atomic E-state index is 5.68. The van der Waals surface area contributed by atoms with Gasteiger partial charge in [-0.25, -0.2) is 0 Å². The lowest BCUT2D eigenvalue weighted by Gasteiger charge is -2.20. The molecule has 1 aromatic carbocycles. The van der Waals surface area contributed by atoms with Crippen molar-refractivity contribution in [1.29, 1.82) is 0 Å². The lowest BCUT2D eigenvalue weighted by Crippen LogP contribution is -2.12. The summed E-state index contributed by atoms with van der Waals surface area (Å²) in [6, 6.07) is 4.21. The lowest BCUT2D eigenvalue weighted by atomic mass is 9.97. The molecule has 0 amide bonds. The van der Waals surface area contributed by atoms with Gasteiger partial charge >= 0.3 is 0 Å². The summed E-state index contributed by atoms with van der Waals surface area (Å²) in [5.74, 6) is 1.01. The third-order valence-electron chi connectivity index (χ3n) is 2.80. The second kappa shape index (κ2) is 3.46. The summed E-state index contributed by atoms with van der Waals surface area (Å²) in [5.41, 5.74) is 10.5. The Balaban J connectivity index is 2.59. The molecular weight excluding hydrogens is 174 g/mol. The molecule has 0 aromatic heterocycles. The SMILES string of the molecule is Cc1ccc2c(c1C)OCC=C2CN. The highest BCUT2D eigenvalue weighted by Gasteiger charge is 2.15. The van der Waals surface area contributed by atoms with Crippen molar-refractivity contribution in [3.63, 3.8) is 0 Å². The Morgan fingerprint density at radius 3 is 2.86 bits per heavy atom. The van der Waals surface area contributed by atoms with Crippen molar-refractivity contribution in [2.75, 3.05) is 13.2 Å². The highest BCUT2D eigenvalue weighted by molar-refractivity contribution is 5.75. The number of rotatable bonds is 1. The molecule has 0 unspecified atom stereocenters.